The number of nitrogens with zero attached hydrogens (tertiary/aromatic N) is 4. The van der Waals surface area contributed by atoms with Gasteiger partial charge in [-0.15, -0.1) is 0 Å². The Morgan fingerprint density at radius 3 is 2.42 bits per heavy atom. The third-order valence-electron chi connectivity index (χ3n) is 8.08. The van der Waals surface area contributed by atoms with Crippen LogP contribution in [0.5, 0.6) is 5.75 Å². The van der Waals surface area contributed by atoms with Crippen LogP contribution in [0.2, 0.25) is 0 Å². The SMILES string of the molecule is C=CCOC(=O)C1=C(C)N=c2sc(=Cc3cn(-c4ccccc4)nc3-c3ccc(OC(C)C)c(C)c3)c(=O)n2C1c1ccc(C(=O)OC)cc1. The molecule has 3 aromatic carbocycles. The maximum Gasteiger partial charge on any atom is 0.338 e. The zero-order valence-electron chi connectivity index (χ0n) is 28.4. The minimum atomic E-state index is -0.861. The van der Waals surface area contributed by atoms with Gasteiger partial charge in [0.05, 0.1) is 46.3 Å². The van der Waals surface area contributed by atoms with Gasteiger partial charge in [0.1, 0.15) is 18.1 Å². The molecule has 0 saturated carbocycles. The minimum absolute atomic E-state index is 0.00768. The highest BCUT2D eigenvalue weighted by molar-refractivity contribution is 7.07. The smallest absolute Gasteiger partial charge is 0.338 e. The van der Waals surface area contributed by atoms with Gasteiger partial charge in [-0.2, -0.15) is 5.10 Å². The number of carbonyl (C=O) groups excluding carboxylic acids is 2. The maximum absolute atomic E-state index is 14.4. The molecule has 10 nitrogen and oxygen atoms in total. The number of hydrogen-bond donors (Lipinski definition) is 0. The van der Waals surface area contributed by atoms with E-state index >= 15 is 0 Å². The number of para-hydroxylation sites is 1. The van der Waals surface area contributed by atoms with E-state index in [2.05, 4.69) is 6.58 Å². The van der Waals surface area contributed by atoms with Crippen molar-refractivity contribution in [1.82, 2.24) is 14.3 Å². The second kappa shape index (κ2) is 14.4. The summed E-state index contributed by atoms with van der Waals surface area (Å²) in [6, 6.07) is 21.4. The summed E-state index contributed by atoms with van der Waals surface area (Å²) >= 11 is 1.22. The third-order valence-corrected chi connectivity index (χ3v) is 9.07. The van der Waals surface area contributed by atoms with Crippen LogP contribution < -0.4 is 19.6 Å². The van der Waals surface area contributed by atoms with Gasteiger partial charge in [-0.25, -0.2) is 19.3 Å². The highest BCUT2D eigenvalue weighted by atomic mass is 32.1. The van der Waals surface area contributed by atoms with E-state index in [1.807, 2.05) is 81.6 Å². The highest BCUT2D eigenvalue weighted by Crippen LogP contribution is 2.32. The van der Waals surface area contributed by atoms with Gasteiger partial charge >= 0.3 is 11.9 Å². The van der Waals surface area contributed by atoms with Crippen LogP contribution in [0.1, 0.15) is 53.9 Å². The van der Waals surface area contributed by atoms with Gasteiger partial charge in [-0.05, 0) is 87.4 Å². The zero-order valence-corrected chi connectivity index (χ0v) is 29.2. The summed E-state index contributed by atoms with van der Waals surface area (Å²) in [6.07, 6.45) is 5.21. The number of allylic oxidation sites excluding steroid dienone is 1. The summed E-state index contributed by atoms with van der Waals surface area (Å²) < 4.78 is 20.0. The number of carbonyl (C=O) groups is 2. The Balaban J connectivity index is 1.53. The topological polar surface area (TPSA) is 114 Å². The van der Waals surface area contributed by atoms with Gasteiger partial charge in [0.25, 0.3) is 5.56 Å². The van der Waals surface area contributed by atoms with Crippen LogP contribution in [0.3, 0.4) is 0 Å². The van der Waals surface area contributed by atoms with Gasteiger partial charge < -0.3 is 14.2 Å². The van der Waals surface area contributed by atoms with Crippen molar-refractivity contribution in [1.29, 1.82) is 0 Å². The van der Waals surface area contributed by atoms with E-state index in [4.69, 9.17) is 24.3 Å². The lowest BCUT2D eigenvalue weighted by Crippen LogP contribution is -2.40. The van der Waals surface area contributed by atoms with E-state index in [9.17, 15) is 14.4 Å². The number of methoxy groups -OCH3 is 1. The van der Waals surface area contributed by atoms with Gasteiger partial charge in [-0.3, -0.25) is 9.36 Å². The molecule has 1 aliphatic heterocycles. The molecule has 0 N–H and O–H groups in total. The molecule has 0 saturated heterocycles. The van der Waals surface area contributed by atoms with Crippen LogP contribution in [0, 0.1) is 6.92 Å². The molecular weight excluding hydrogens is 653 g/mol. The molecular formula is C39H36N4O6S. The van der Waals surface area contributed by atoms with E-state index in [-0.39, 0.29) is 23.8 Å². The number of fused-ring (bicyclic) bond motifs is 1. The largest absolute Gasteiger partial charge is 0.491 e. The first-order chi connectivity index (χ1) is 24.1. The fourth-order valence-corrected chi connectivity index (χ4v) is 6.82. The summed E-state index contributed by atoms with van der Waals surface area (Å²) in [4.78, 5) is 45.1. The molecule has 0 fully saturated rings. The van der Waals surface area contributed by atoms with Crippen molar-refractivity contribution in [3.63, 3.8) is 0 Å². The molecule has 0 spiro atoms. The second-order valence-corrected chi connectivity index (χ2v) is 13.0. The summed E-state index contributed by atoms with van der Waals surface area (Å²) in [6.45, 7) is 11.3. The Kier molecular flexibility index (Phi) is 9.78. The molecule has 1 unspecified atom stereocenters. The van der Waals surface area contributed by atoms with Crippen LogP contribution in [0.4, 0.5) is 0 Å². The average Bonchev–Trinajstić information content (AvgIpc) is 3.67. The molecule has 11 heteroatoms. The standard InChI is InChI=1S/C39H36N4O6S/c1-7-19-48-38(46)33-25(5)40-39-43(35(33)26-13-15-27(16-14-26)37(45)47-6)36(44)32(50-39)21-29-22-42(30-11-9-8-10-12-30)41-34(29)28-17-18-31(24(4)20-28)49-23(2)3/h7-18,20-23,35H,1,19H2,2-6H3. The normalized spacial score (nSPS) is 14.3. The second-order valence-electron chi connectivity index (χ2n) is 11.9. The van der Waals surface area contributed by atoms with E-state index in [1.54, 1.807) is 35.9 Å². The number of hydrogen-bond acceptors (Lipinski definition) is 9. The number of ether oxygens (including phenoxy) is 3. The molecule has 1 atom stereocenters. The molecule has 6 rings (SSSR count). The van der Waals surface area contributed by atoms with Crippen molar-refractivity contribution in [3.8, 4) is 22.7 Å². The molecule has 0 amide bonds. The Morgan fingerprint density at radius 2 is 1.76 bits per heavy atom. The molecule has 50 heavy (non-hydrogen) atoms. The molecule has 2 aromatic heterocycles. The van der Waals surface area contributed by atoms with Crippen molar-refractivity contribution in [2.75, 3.05) is 13.7 Å². The van der Waals surface area contributed by atoms with Crippen LogP contribution in [-0.2, 0) is 14.3 Å². The summed E-state index contributed by atoms with van der Waals surface area (Å²) in [7, 11) is 1.31. The quantitative estimate of drug-likeness (QED) is 0.137. The van der Waals surface area contributed by atoms with Crippen molar-refractivity contribution in [2.45, 2.75) is 39.8 Å². The van der Waals surface area contributed by atoms with E-state index in [0.29, 0.717) is 31.9 Å². The van der Waals surface area contributed by atoms with E-state index in [1.165, 1.54) is 29.1 Å². The Bertz CT molecular complexity index is 2310. The summed E-state index contributed by atoms with van der Waals surface area (Å²) in [5.74, 6) is -0.324. The number of rotatable bonds is 10. The Hall–Kier alpha value is -5.81. The fraction of sp³-hybridized carbons (Fsp3) is 0.205. The van der Waals surface area contributed by atoms with Crippen LogP contribution in [0.25, 0.3) is 23.0 Å². The van der Waals surface area contributed by atoms with Crippen molar-refractivity contribution in [2.24, 2.45) is 4.99 Å². The maximum atomic E-state index is 14.4. The van der Waals surface area contributed by atoms with Crippen molar-refractivity contribution >= 4 is 29.4 Å². The zero-order chi connectivity index (χ0) is 35.5. The molecule has 1 aliphatic rings. The monoisotopic (exact) mass is 688 g/mol. The number of aromatic nitrogens is 3. The minimum Gasteiger partial charge on any atom is -0.491 e. The van der Waals surface area contributed by atoms with Gasteiger partial charge in [0, 0.05) is 17.3 Å². The summed E-state index contributed by atoms with van der Waals surface area (Å²) in [5, 5.41) is 4.96. The van der Waals surface area contributed by atoms with Gasteiger partial charge in [-0.1, -0.05) is 54.3 Å². The molecule has 0 bridgehead atoms. The van der Waals surface area contributed by atoms with Crippen LogP contribution in [-0.4, -0.2) is 46.1 Å². The lowest BCUT2D eigenvalue weighted by molar-refractivity contribution is -0.138. The van der Waals surface area contributed by atoms with Gasteiger partial charge in [0.15, 0.2) is 4.80 Å². The third kappa shape index (κ3) is 6.72. The van der Waals surface area contributed by atoms with Crippen molar-refractivity contribution < 1.29 is 23.8 Å². The number of benzene rings is 3. The Morgan fingerprint density at radius 1 is 1.02 bits per heavy atom. The number of esters is 2. The lowest BCUT2D eigenvalue weighted by Gasteiger charge is -2.24. The van der Waals surface area contributed by atoms with Crippen LogP contribution >= 0.6 is 11.3 Å². The number of thiazole rings is 1. The first-order valence-electron chi connectivity index (χ1n) is 16.0. The molecule has 254 valence electrons. The van der Waals surface area contributed by atoms with Gasteiger partial charge in [0.2, 0.25) is 0 Å². The number of aryl methyl sites for hydroxylation is 1. The average molecular weight is 689 g/mol. The molecule has 3 heterocycles. The Labute approximate surface area is 292 Å². The lowest BCUT2D eigenvalue weighted by atomic mass is 9.95. The van der Waals surface area contributed by atoms with Crippen LogP contribution in [0.15, 0.2) is 113 Å². The van der Waals surface area contributed by atoms with E-state index < -0.39 is 18.0 Å². The fourth-order valence-electron chi connectivity index (χ4n) is 5.78. The predicted octanol–water partition coefficient (Wildman–Crippen LogP) is 5.70. The highest BCUT2D eigenvalue weighted by Gasteiger charge is 2.33. The first-order valence-corrected chi connectivity index (χ1v) is 16.8. The molecule has 0 radical (unpaired) electrons. The predicted molar refractivity (Wildman–Crippen MR) is 192 cm³/mol. The first kappa shape index (κ1) is 34.1. The molecule has 0 aliphatic carbocycles. The molecule has 5 aromatic rings. The van der Waals surface area contributed by atoms with E-state index in [0.717, 1.165) is 28.1 Å². The van der Waals surface area contributed by atoms with Crippen molar-refractivity contribution in [3.05, 3.63) is 145 Å². The summed E-state index contributed by atoms with van der Waals surface area (Å²) in [5.41, 5.74) is 5.31.